The fourth-order valence-corrected chi connectivity index (χ4v) is 1.67. The molecule has 1 aromatic heterocycles. The molecule has 0 aliphatic carbocycles. The van der Waals surface area contributed by atoms with Crippen LogP contribution in [0.1, 0.15) is 32.5 Å². The van der Waals surface area contributed by atoms with E-state index in [9.17, 15) is 9.59 Å². The summed E-state index contributed by atoms with van der Waals surface area (Å²) in [7, 11) is 0. The van der Waals surface area contributed by atoms with Gasteiger partial charge in [-0.3, -0.25) is 4.79 Å². The molecule has 7 nitrogen and oxygen atoms in total. The Hall–Kier alpha value is -2.44. The summed E-state index contributed by atoms with van der Waals surface area (Å²) >= 11 is 0. The van der Waals surface area contributed by atoms with Crippen LogP contribution in [0.2, 0.25) is 0 Å². The van der Waals surface area contributed by atoms with Crippen LogP contribution in [0.3, 0.4) is 0 Å². The van der Waals surface area contributed by atoms with E-state index < -0.39 is 23.8 Å². The zero-order chi connectivity index (χ0) is 15.6. The van der Waals surface area contributed by atoms with Gasteiger partial charge < -0.3 is 9.47 Å². The van der Waals surface area contributed by atoms with E-state index in [1.807, 2.05) is 0 Å². The number of hydrogen-bond donors (Lipinski definition) is 0. The van der Waals surface area contributed by atoms with Gasteiger partial charge in [0.2, 0.25) is 0 Å². The molecule has 0 N–H and O–H groups in total. The molecule has 0 saturated heterocycles. The lowest BCUT2D eigenvalue weighted by molar-refractivity contribution is -0.0216. The molecule has 2 aromatic rings. The van der Waals surface area contributed by atoms with Gasteiger partial charge >= 0.3 is 6.16 Å². The molecule has 1 heterocycles. The maximum Gasteiger partial charge on any atom is 0.509 e. The van der Waals surface area contributed by atoms with Crippen molar-refractivity contribution in [1.82, 2.24) is 15.0 Å². The molecule has 0 unspecified atom stereocenters. The van der Waals surface area contributed by atoms with Crippen LogP contribution in [0.4, 0.5) is 4.79 Å². The second-order valence-electron chi connectivity index (χ2n) is 5.55. The quantitative estimate of drug-likeness (QED) is 0.790. The van der Waals surface area contributed by atoms with Gasteiger partial charge in [-0.25, -0.2) is 4.79 Å². The van der Waals surface area contributed by atoms with Gasteiger partial charge in [0.25, 0.3) is 5.91 Å². The molecule has 21 heavy (non-hydrogen) atoms. The lowest BCUT2D eigenvalue weighted by Crippen LogP contribution is -2.33. The maximum atomic E-state index is 12.2. The molecule has 2 rings (SSSR count). The van der Waals surface area contributed by atoms with E-state index in [0.29, 0.717) is 11.0 Å². The van der Waals surface area contributed by atoms with Crippen molar-refractivity contribution < 1.29 is 19.1 Å². The molecular weight excluding hydrogens is 274 g/mol. The minimum Gasteiger partial charge on any atom is -0.429 e. The molecular formula is C14H17N3O4. The summed E-state index contributed by atoms with van der Waals surface area (Å²) in [5.74, 6) is -0.491. The molecule has 112 valence electrons. The Morgan fingerprint density at radius 2 is 1.90 bits per heavy atom. The summed E-state index contributed by atoms with van der Waals surface area (Å²) in [6.45, 7) is 6.60. The molecule has 0 saturated carbocycles. The number of benzene rings is 1. The molecule has 0 bridgehead atoms. The second kappa shape index (κ2) is 5.51. The fraction of sp³-hybridized carbons (Fsp3) is 0.429. The Kier molecular flexibility index (Phi) is 3.93. The number of carbonyl (C=O) groups is 2. The highest BCUT2D eigenvalue weighted by Crippen LogP contribution is 2.13. The first kappa shape index (κ1) is 15.0. The lowest BCUT2D eigenvalue weighted by atomic mass is 10.2. The van der Waals surface area contributed by atoms with Crippen LogP contribution < -0.4 is 0 Å². The molecule has 0 spiro atoms. The highest BCUT2D eigenvalue weighted by Gasteiger charge is 2.25. The maximum absolute atomic E-state index is 12.2. The van der Waals surface area contributed by atoms with Crippen molar-refractivity contribution in [2.24, 2.45) is 0 Å². The van der Waals surface area contributed by atoms with E-state index in [1.165, 1.54) is 6.92 Å². The first-order valence-electron chi connectivity index (χ1n) is 6.52. The summed E-state index contributed by atoms with van der Waals surface area (Å²) in [5, 5.41) is 7.66. The van der Waals surface area contributed by atoms with E-state index >= 15 is 0 Å². The van der Waals surface area contributed by atoms with E-state index in [-0.39, 0.29) is 0 Å². The fourth-order valence-electron chi connectivity index (χ4n) is 1.67. The third kappa shape index (κ3) is 3.56. The Balaban J connectivity index is 2.11. The second-order valence-corrected chi connectivity index (χ2v) is 5.55. The van der Waals surface area contributed by atoms with Gasteiger partial charge in [0.05, 0.1) is 5.52 Å². The van der Waals surface area contributed by atoms with Gasteiger partial charge in [0.15, 0.2) is 6.10 Å². The van der Waals surface area contributed by atoms with Gasteiger partial charge in [-0.15, -0.1) is 5.10 Å². The number of ether oxygens (including phenoxy) is 2. The first-order valence-corrected chi connectivity index (χ1v) is 6.52. The average Bonchev–Trinajstić information content (AvgIpc) is 2.79. The van der Waals surface area contributed by atoms with Crippen molar-refractivity contribution in [3.8, 4) is 0 Å². The van der Waals surface area contributed by atoms with Crippen LogP contribution in [0, 0.1) is 0 Å². The number of para-hydroxylation sites is 1. The van der Waals surface area contributed by atoms with E-state index in [0.717, 1.165) is 4.68 Å². The van der Waals surface area contributed by atoms with Crippen LogP contribution in [-0.2, 0) is 9.47 Å². The highest BCUT2D eigenvalue weighted by molar-refractivity contribution is 5.91. The van der Waals surface area contributed by atoms with E-state index in [4.69, 9.17) is 9.47 Å². The SMILES string of the molecule is C[C@H](OC(=O)OC(C)(C)C)C(=O)n1nnc2ccccc21. The normalized spacial score (nSPS) is 13.0. The van der Waals surface area contributed by atoms with Crippen LogP contribution in [0.5, 0.6) is 0 Å². The summed E-state index contributed by atoms with van der Waals surface area (Å²) < 4.78 is 11.1. The molecule has 1 aromatic carbocycles. The number of aromatic nitrogens is 3. The Morgan fingerprint density at radius 1 is 1.24 bits per heavy atom. The molecule has 0 radical (unpaired) electrons. The molecule has 0 aliphatic rings. The minimum atomic E-state index is -1.02. The van der Waals surface area contributed by atoms with Gasteiger partial charge in [0.1, 0.15) is 11.1 Å². The predicted molar refractivity (Wildman–Crippen MR) is 74.9 cm³/mol. The number of rotatable bonds is 2. The van der Waals surface area contributed by atoms with Crippen molar-refractivity contribution in [2.75, 3.05) is 0 Å². The van der Waals surface area contributed by atoms with Crippen molar-refractivity contribution in [3.05, 3.63) is 24.3 Å². The van der Waals surface area contributed by atoms with Gasteiger partial charge in [-0.05, 0) is 39.8 Å². The topological polar surface area (TPSA) is 83.3 Å². The Morgan fingerprint density at radius 3 is 2.57 bits per heavy atom. The Bertz CT molecular complexity index is 672. The van der Waals surface area contributed by atoms with Crippen molar-refractivity contribution in [1.29, 1.82) is 0 Å². The minimum absolute atomic E-state index is 0.491. The average molecular weight is 291 g/mol. The molecule has 0 fully saturated rings. The Labute approximate surface area is 121 Å². The molecule has 0 amide bonds. The number of hydrogen-bond acceptors (Lipinski definition) is 6. The van der Waals surface area contributed by atoms with Crippen molar-refractivity contribution in [2.45, 2.75) is 39.4 Å². The van der Waals surface area contributed by atoms with Crippen LogP contribution in [-0.4, -0.2) is 38.8 Å². The summed E-state index contributed by atoms with van der Waals surface area (Å²) in [6, 6.07) is 7.03. The number of carbonyl (C=O) groups excluding carboxylic acids is 2. The predicted octanol–water partition coefficient (Wildman–Crippen LogP) is 2.41. The summed E-state index contributed by atoms with van der Waals surface area (Å²) in [5.41, 5.74) is 0.470. The van der Waals surface area contributed by atoms with E-state index in [1.54, 1.807) is 45.0 Å². The van der Waals surface area contributed by atoms with E-state index in [2.05, 4.69) is 10.3 Å². The summed E-state index contributed by atoms with van der Waals surface area (Å²) in [6.07, 6.45) is -1.92. The molecule has 0 aliphatic heterocycles. The molecule has 1 atom stereocenters. The summed E-state index contributed by atoms with van der Waals surface area (Å²) in [4.78, 5) is 23.8. The monoisotopic (exact) mass is 291 g/mol. The zero-order valence-electron chi connectivity index (χ0n) is 12.4. The van der Waals surface area contributed by atoms with Crippen LogP contribution in [0.15, 0.2) is 24.3 Å². The third-order valence-corrected chi connectivity index (χ3v) is 2.57. The van der Waals surface area contributed by atoms with Gasteiger partial charge in [0, 0.05) is 0 Å². The van der Waals surface area contributed by atoms with Gasteiger partial charge in [-0.2, -0.15) is 4.68 Å². The number of fused-ring (bicyclic) bond motifs is 1. The standard InChI is InChI=1S/C14H17N3O4/c1-9(20-13(19)21-14(2,3)4)12(18)17-11-8-6-5-7-10(11)15-16-17/h5-9H,1-4H3/t9-/m0/s1. The largest absolute Gasteiger partial charge is 0.509 e. The first-order chi connectivity index (χ1) is 9.78. The lowest BCUT2D eigenvalue weighted by Gasteiger charge is -2.20. The van der Waals surface area contributed by atoms with Crippen LogP contribution >= 0.6 is 0 Å². The third-order valence-electron chi connectivity index (χ3n) is 2.57. The van der Waals surface area contributed by atoms with Crippen molar-refractivity contribution >= 4 is 23.1 Å². The smallest absolute Gasteiger partial charge is 0.429 e. The highest BCUT2D eigenvalue weighted by atomic mass is 16.7. The van der Waals surface area contributed by atoms with Crippen LogP contribution in [0.25, 0.3) is 11.0 Å². The van der Waals surface area contributed by atoms with Gasteiger partial charge in [-0.1, -0.05) is 17.3 Å². The number of nitrogens with zero attached hydrogens (tertiary/aromatic N) is 3. The molecule has 7 heteroatoms. The van der Waals surface area contributed by atoms with Crippen molar-refractivity contribution in [3.63, 3.8) is 0 Å². The zero-order valence-corrected chi connectivity index (χ0v) is 12.4.